The quantitative estimate of drug-likeness (QED) is 0.723. The van der Waals surface area contributed by atoms with Gasteiger partial charge in [0.05, 0.1) is 17.0 Å². The lowest BCUT2D eigenvalue weighted by Gasteiger charge is -2.26. The summed E-state index contributed by atoms with van der Waals surface area (Å²) in [5.74, 6) is 0.140. The number of hydrogen-bond donors (Lipinski definition) is 3. The molecule has 1 heterocycles. The van der Waals surface area contributed by atoms with Gasteiger partial charge in [-0.3, -0.25) is 4.79 Å². The molecule has 0 bridgehead atoms. The summed E-state index contributed by atoms with van der Waals surface area (Å²) in [6, 6.07) is 7.09. The molecule has 1 atom stereocenters. The molecular weight excluding hydrogens is 322 g/mol. The number of benzene rings is 1. The van der Waals surface area contributed by atoms with Crippen molar-refractivity contribution in [3.63, 3.8) is 0 Å². The van der Waals surface area contributed by atoms with E-state index >= 15 is 0 Å². The van der Waals surface area contributed by atoms with Crippen molar-refractivity contribution in [2.45, 2.75) is 25.8 Å². The molecule has 1 unspecified atom stereocenters. The molecule has 1 amide bonds. The van der Waals surface area contributed by atoms with E-state index in [2.05, 4.69) is 16.0 Å². The normalized spacial score (nSPS) is 22.8. The number of amides is 1. The van der Waals surface area contributed by atoms with Crippen LogP contribution in [0.1, 0.15) is 20.3 Å². The number of thiocarbonyl (C=S) groups is 1. The smallest absolute Gasteiger partial charge is 0.221 e. The molecular formula is C14H19N3O3S2. The predicted molar refractivity (Wildman–Crippen MR) is 91.8 cm³/mol. The van der Waals surface area contributed by atoms with Crippen molar-refractivity contribution in [1.29, 1.82) is 0 Å². The Morgan fingerprint density at radius 3 is 2.18 bits per heavy atom. The molecule has 22 heavy (non-hydrogen) atoms. The molecule has 2 rings (SSSR count). The maximum atomic E-state index is 11.6. The molecule has 1 aliphatic rings. The van der Waals surface area contributed by atoms with Crippen LogP contribution in [0.3, 0.4) is 0 Å². The number of carbonyl (C=O) groups is 1. The van der Waals surface area contributed by atoms with Crippen molar-refractivity contribution in [3.05, 3.63) is 24.3 Å². The van der Waals surface area contributed by atoms with E-state index in [1.165, 1.54) is 6.92 Å². The number of anilines is 2. The van der Waals surface area contributed by atoms with Crippen molar-refractivity contribution in [2.75, 3.05) is 22.1 Å². The van der Waals surface area contributed by atoms with Crippen LogP contribution in [0.15, 0.2) is 24.3 Å². The van der Waals surface area contributed by atoms with Crippen LogP contribution in [0.25, 0.3) is 0 Å². The van der Waals surface area contributed by atoms with Crippen LogP contribution in [0.2, 0.25) is 0 Å². The molecule has 0 radical (unpaired) electrons. The van der Waals surface area contributed by atoms with Gasteiger partial charge in [-0.2, -0.15) is 0 Å². The second kappa shape index (κ2) is 6.21. The lowest BCUT2D eigenvalue weighted by atomic mass is 10.0. The number of nitrogens with one attached hydrogen (secondary N) is 3. The highest BCUT2D eigenvalue weighted by molar-refractivity contribution is 7.91. The second-order valence-corrected chi connectivity index (χ2v) is 8.33. The van der Waals surface area contributed by atoms with Crippen molar-refractivity contribution < 1.29 is 13.2 Å². The summed E-state index contributed by atoms with van der Waals surface area (Å²) in [6.07, 6.45) is 0.540. The van der Waals surface area contributed by atoms with Gasteiger partial charge in [-0.05, 0) is 49.8 Å². The fourth-order valence-electron chi connectivity index (χ4n) is 2.39. The monoisotopic (exact) mass is 341 g/mol. The topological polar surface area (TPSA) is 87.3 Å². The van der Waals surface area contributed by atoms with E-state index < -0.39 is 15.4 Å². The van der Waals surface area contributed by atoms with Crippen LogP contribution in [0.5, 0.6) is 0 Å². The van der Waals surface area contributed by atoms with E-state index in [9.17, 15) is 13.2 Å². The Morgan fingerprint density at radius 2 is 1.73 bits per heavy atom. The van der Waals surface area contributed by atoms with Crippen molar-refractivity contribution in [3.8, 4) is 0 Å². The molecule has 0 aliphatic carbocycles. The van der Waals surface area contributed by atoms with Gasteiger partial charge in [0.2, 0.25) is 5.91 Å². The van der Waals surface area contributed by atoms with Gasteiger partial charge in [-0.1, -0.05) is 0 Å². The average molecular weight is 341 g/mol. The number of hydrogen-bond acceptors (Lipinski definition) is 4. The predicted octanol–water partition coefficient (Wildman–Crippen LogP) is 1.51. The molecule has 0 spiro atoms. The Labute approximate surface area is 135 Å². The summed E-state index contributed by atoms with van der Waals surface area (Å²) in [5.41, 5.74) is 0.931. The van der Waals surface area contributed by atoms with Gasteiger partial charge >= 0.3 is 0 Å². The minimum absolute atomic E-state index is 0.0866. The van der Waals surface area contributed by atoms with Crippen molar-refractivity contribution in [2.24, 2.45) is 0 Å². The fraction of sp³-hybridized carbons (Fsp3) is 0.429. The van der Waals surface area contributed by atoms with Gasteiger partial charge < -0.3 is 16.0 Å². The Kier molecular flexibility index (Phi) is 4.72. The van der Waals surface area contributed by atoms with Crippen LogP contribution >= 0.6 is 12.2 Å². The summed E-state index contributed by atoms with van der Waals surface area (Å²) in [7, 11) is -2.98. The van der Waals surface area contributed by atoms with Crippen LogP contribution in [-0.4, -0.2) is 36.5 Å². The highest BCUT2D eigenvalue weighted by atomic mass is 32.2. The number of rotatable bonds is 3. The first-order chi connectivity index (χ1) is 10.2. The largest absolute Gasteiger partial charge is 0.356 e. The van der Waals surface area contributed by atoms with E-state index in [1.807, 2.05) is 6.92 Å². The summed E-state index contributed by atoms with van der Waals surface area (Å²) in [6.45, 7) is 3.30. The number of sulfone groups is 1. The van der Waals surface area contributed by atoms with Crippen LogP contribution in [0, 0.1) is 0 Å². The minimum Gasteiger partial charge on any atom is -0.356 e. The first-order valence-electron chi connectivity index (χ1n) is 6.85. The van der Waals surface area contributed by atoms with E-state index in [4.69, 9.17) is 12.2 Å². The molecule has 3 N–H and O–H groups in total. The van der Waals surface area contributed by atoms with E-state index in [1.54, 1.807) is 24.3 Å². The maximum absolute atomic E-state index is 11.6. The fourth-order valence-corrected chi connectivity index (χ4v) is 4.84. The van der Waals surface area contributed by atoms with Crippen LogP contribution in [-0.2, 0) is 14.6 Å². The van der Waals surface area contributed by atoms with Crippen LogP contribution < -0.4 is 16.0 Å². The van der Waals surface area contributed by atoms with Crippen LogP contribution in [0.4, 0.5) is 11.4 Å². The van der Waals surface area contributed by atoms with Gasteiger partial charge in [0.15, 0.2) is 14.9 Å². The highest BCUT2D eigenvalue weighted by Gasteiger charge is 2.38. The van der Waals surface area contributed by atoms with Gasteiger partial charge in [0.1, 0.15) is 0 Å². The Hall–Kier alpha value is -1.67. The molecule has 1 aromatic carbocycles. The van der Waals surface area contributed by atoms with Gasteiger partial charge in [0.25, 0.3) is 0 Å². The lowest BCUT2D eigenvalue weighted by Crippen LogP contribution is -2.48. The standard InChI is InChI=1S/C14H19N3O3S2/c1-10(18)15-11-3-5-12(6-4-11)16-13(21)17-14(2)7-8-22(19,20)9-14/h3-6H,7-9H2,1-2H3,(H,15,18)(H2,16,17,21). The Bertz CT molecular complexity index is 686. The number of carbonyl (C=O) groups excluding carboxylic acids is 1. The molecule has 1 aliphatic heterocycles. The van der Waals surface area contributed by atoms with E-state index in [-0.39, 0.29) is 17.4 Å². The van der Waals surface area contributed by atoms with Crippen molar-refractivity contribution >= 4 is 44.4 Å². The zero-order valence-electron chi connectivity index (χ0n) is 12.5. The van der Waals surface area contributed by atoms with Gasteiger partial charge in [-0.25, -0.2) is 8.42 Å². The zero-order chi connectivity index (χ0) is 16.4. The van der Waals surface area contributed by atoms with E-state index in [0.29, 0.717) is 17.2 Å². The molecule has 0 aromatic heterocycles. The Balaban J connectivity index is 1.93. The second-order valence-electron chi connectivity index (χ2n) is 5.74. The lowest BCUT2D eigenvalue weighted by molar-refractivity contribution is -0.114. The summed E-state index contributed by atoms with van der Waals surface area (Å²) in [5, 5.41) is 9.15. The minimum atomic E-state index is -2.98. The molecule has 1 aromatic rings. The first kappa shape index (κ1) is 16.7. The third-order valence-corrected chi connectivity index (χ3v) is 5.49. The zero-order valence-corrected chi connectivity index (χ0v) is 14.1. The maximum Gasteiger partial charge on any atom is 0.221 e. The average Bonchev–Trinajstić information content (AvgIpc) is 2.64. The SMILES string of the molecule is CC(=O)Nc1ccc(NC(=S)NC2(C)CCS(=O)(=O)C2)cc1. The summed E-state index contributed by atoms with van der Waals surface area (Å²) in [4.78, 5) is 11.0. The highest BCUT2D eigenvalue weighted by Crippen LogP contribution is 2.23. The molecule has 6 nitrogen and oxygen atoms in total. The van der Waals surface area contributed by atoms with Gasteiger partial charge in [0, 0.05) is 18.3 Å². The molecule has 1 fully saturated rings. The molecule has 120 valence electrons. The third kappa shape index (κ3) is 4.67. The van der Waals surface area contributed by atoms with Gasteiger partial charge in [-0.15, -0.1) is 0 Å². The third-order valence-electron chi connectivity index (χ3n) is 3.38. The molecule has 0 saturated carbocycles. The van der Waals surface area contributed by atoms with E-state index in [0.717, 1.165) is 5.69 Å². The summed E-state index contributed by atoms with van der Waals surface area (Å²) >= 11 is 5.24. The molecule has 1 saturated heterocycles. The molecule has 8 heteroatoms. The Morgan fingerprint density at radius 1 is 1.18 bits per heavy atom. The first-order valence-corrected chi connectivity index (χ1v) is 9.08. The summed E-state index contributed by atoms with van der Waals surface area (Å²) < 4.78 is 23.1. The van der Waals surface area contributed by atoms with Crippen molar-refractivity contribution in [1.82, 2.24) is 5.32 Å².